The summed E-state index contributed by atoms with van der Waals surface area (Å²) in [4.78, 5) is 4.22. The molecule has 110 valence electrons. The maximum absolute atomic E-state index is 12.4. The molecule has 20 heavy (non-hydrogen) atoms. The summed E-state index contributed by atoms with van der Waals surface area (Å²) in [6, 6.07) is 0. The fourth-order valence-electron chi connectivity index (χ4n) is 1.95. The number of anilines is 1. The van der Waals surface area contributed by atoms with Gasteiger partial charge in [0.25, 0.3) is 10.0 Å². The minimum absolute atomic E-state index is 0.0967. The predicted molar refractivity (Wildman–Crippen MR) is 76.4 cm³/mol. The largest absolute Gasteiger partial charge is 0.394 e. The normalized spacial score (nSPS) is 11.8. The molecule has 0 saturated carbocycles. The van der Waals surface area contributed by atoms with E-state index < -0.39 is 10.0 Å². The summed E-state index contributed by atoms with van der Waals surface area (Å²) >= 11 is 1.23. The van der Waals surface area contributed by atoms with Crippen LogP contribution in [0.3, 0.4) is 0 Å². The van der Waals surface area contributed by atoms with Crippen LogP contribution >= 0.6 is 11.3 Å². The van der Waals surface area contributed by atoms with Crippen LogP contribution in [0.1, 0.15) is 17.1 Å². The van der Waals surface area contributed by atoms with Gasteiger partial charge in [0, 0.05) is 5.38 Å². The second-order valence-electron chi connectivity index (χ2n) is 4.35. The Balaban J connectivity index is 2.39. The number of nitrogens with zero attached hydrogens (tertiary/aromatic N) is 3. The highest BCUT2D eigenvalue weighted by molar-refractivity contribution is 7.93. The van der Waals surface area contributed by atoms with Gasteiger partial charge >= 0.3 is 0 Å². The molecule has 2 aromatic heterocycles. The first-order valence-corrected chi connectivity index (χ1v) is 8.31. The van der Waals surface area contributed by atoms with Crippen molar-refractivity contribution >= 4 is 26.5 Å². The Morgan fingerprint density at radius 2 is 2.10 bits per heavy atom. The monoisotopic (exact) mass is 316 g/mol. The predicted octanol–water partition coefficient (Wildman–Crippen LogP) is 1.06. The van der Waals surface area contributed by atoms with Gasteiger partial charge in [-0.2, -0.15) is 5.10 Å². The van der Waals surface area contributed by atoms with Crippen molar-refractivity contribution in [3.8, 4) is 0 Å². The Morgan fingerprint density at radius 3 is 2.65 bits per heavy atom. The lowest BCUT2D eigenvalue weighted by Gasteiger charge is -2.06. The molecule has 2 N–H and O–H groups in total. The van der Waals surface area contributed by atoms with E-state index in [0.717, 1.165) is 5.69 Å². The van der Waals surface area contributed by atoms with Gasteiger partial charge < -0.3 is 5.11 Å². The van der Waals surface area contributed by atoms with Gasteiger partial charge in [-0.1, -0.05) is 0 Å². The molecule has 2 rings (SSSR count). The zero-order chi connectivity index (χ0) is 14.9. The van der Waals surface area contributed by atoms with Crippen molar-refractivity contribution in [1.29, 1.82) is 0 Å². The molecule has 2 aromatic rings. The number of aryl methyl sites for hydroxylation is 2. The first kappa shape index (κ1) is 14.9. The topological polar surface area (TPSA) is 97.1 Å². The molecule has 9 heteroatoms. The average Bonchev–Trinajstić information content (AvgIpc) is 2.84. The molecule has 0 atom stereocenters. The van der Waals surface area contributed by atoms with E-state index >= 15 is 0 Å². The lowest BCUT2D eigenvalue weighted by atomic mass is 10.4. The van der Waals surface area contributed by atoms with Gasteiger partial charge in [0.05, 0.1) is 30.2 Å². The van der Waals surface area contributed by atoms with Crippen molar-refractivity contribution in [2.45, 2.75) is 32.2 Å². The maximum atomic E-state index is 12.4. The van der Waals surface area contributed by atoms with Gasteiger partial charge in [0.15, 0.2) is 5.13 Å². The number of aromatic nitrogens is 3. The van der Waals surface area contributed by atoms with E-state index in [-0.39, 0.29) is 18.0 Å². The Kier molecular flexibility index (Phi) is 4.11. The van der Waals surface area contributed by atoms with Crippen molar-refractivity contribution in [2.24, 2.45) is 0 Å². The summed E-state index contributed by atoms with van der Waals surface area (Å²) in [6.45, 7) is 5.25. The first-order valence-electron chi connectivity index (χ1n) is 5.95. The van der Waals surface area contributed by atoms with Crippen LogP contribution in [0.4, 0.5) is 5.13 Å². The Hall–Kier alpha value is -1.45. The van der Waals surface area contributed by atoms with Gasteiger partial charge in [0.2, 0.25) is 0 Å². The lowest BCUT2D eigenvalue weighted by molar-refractivity contribution is 0.267. The van der Waals surface area contributed by atoms with Gasteiger partial charge in [-0.25, -0.2) is 13.4 Å². The number of thiazole rings is 1. The van der Waals surface area contributed by atoms with E-state index in [9.17, 15) is 8.42 Å². The number of hydrogen-bond donors (Lipinski definition) is 2. The molecular formula is C11H16N4O3S2. The number of aliphatic hydroxyl groups is 1. The SMILES string of the molecule is Cc1csc(NS(=O)(=O)c2c(C)nn(CCO)c2C)n1. The fraction of sp³-hybridized carbons (Fsp3) is 0.455. The van der Waals surface area contributed by atoms with Gasteiger partial charge in [-0.05, 0) is 20.8 Å². The Bertz CT molecular complexity index is 718. The Morgan fingerprint density at radius 1 is 1.40 bits per heavy atom. The zero-order valence-electron chi connectivity index (χ0n) is 11.4. The molecule has 0 aromatic carbocycles. The molecule has 0 aliphatic heterocycles. The Labute approximate surface area is 121 Å². The molecule has 0 spiro atoms. The van der Waals surface area contributed by atoms with Gasteiger partial charge in [-0.3, -0.25) is 9.40 Å². The molecule has 0 fully saturated rings. The second kappa shape index (κ2) is 5.51. The smallest absolute Gasteiger partial charge is 0.267 e. The first-order chi connectivity index (χ1) is 9.35. The third-order valence-electron chi connectivity index (χ3n) is 2.74. The number of nitrogens with one attached hydrogen (secondary N) is 1. The molecule has 7 nitrogen and oxygen atoms in total. The number of aliphatic hydroxyl groups excluding tert-OH is 1. The van der Waals surface area contributed by atoms with E-state index in [1.165, 1.54) is 16.0 Å². The molecule has 0 saturated heterocycles. The second-order valence-corrected chi connectivity index (χ2v) is 6.82. The van der Waals surface area contributed by atoms with Crippen molar-refractivity contribution in [2.75, 3.05) is 11.3 Å². The van der Waals surface area contributed by atoms with Crippen LogP contribution in [-0.4, -0.2) is 34.9 Å². The lowest BCUT2D eigenvalue weighted by Crippen LogP contribution is -2.15. The molecule has 0 radical (unpaired) electrons. The van der Waals surface area contributed by atoms with Crippen LogP contribution in [0.15, 0.2) is 10.3 Å². The average molecular weight is 316 g/mol. The van der Waals surface area contributed by atoms with E-state index in [0.29, 0.717) is 16.5 Å². The third kappa shape index (κ3) is 2.84. The van der Waals surface area contributed by atoms with Gasteiger partial charge in [0.1, 0.15) is 4.90 Å². The van der Waals surface area contributed by atoms with Crippen LogP contribution in [0.25, 0.3) is 0 Å². The molecular weight excluding hydrogens is 300 g/mol. The summed E-state index contributed by atoms with van der Waals surface area (Å²) in [5.74, 6) is 0. The number of rotatable bonds is 5. The highest BCUT2D eigenvalue weighted by Crippen LogP contribution is 2.24. The molecule has 2 heterocycles. The van der Waals surface area contributed by atoms with Crippen molar-refractivity contribution < 1.29 is 13.5 Å². The molecule has 0 bridgehead atoms. The van der Waals surface area contributed by atoms with Crippen molar-refractivity contribution in [3.63, 3.8) is 0 Å². The van der Waals surface area contributed by atoms with Crippen molar-refractivity contribution in [3.05, 3.63) is 22.5 Å². The fourth-order valence-corrected chi connectivity index (χ4v) is 4.30. The highest BCUT2D eigenvalue weighted by Gasteiger charge is 2.25. The molecule has 0 aliphatic rings. The number of hydrogen-bond acceptors (Lipinski definition) is 6. The highest BCUT2D eigenvalue weighted by atomic mass is 32.2. The van der Waals surface area contributed by atoms with E-state index in [1.54, 1.807) is 26.2 Å². The van der Waals surface area contributed by atoms with Crippen LogP contribution in [0.2, 0.25) is 0 Å². The third-order valence-corrected chi connectivity index (χ3v) is 5.33. The summed E-state index contributed by atoms with van der Waals surface area (Å²) in [5, 5.41) is 15.2. The number of sulfonamides is 1. The van der Waals surface area contributed by atoms with Crippen LogP contribution in [-0.2, 0) is 16.6 Å². The van der Waals surface area contributed by atoms with Gasteiger partial charge in [-0.15, -0.1) is 11.3 Å². The quantitative estimate of drug-likeness (QED) is 0.859. The summed E-state index contributed by atoms with van der Waals surface area (Å²) in [6.07, 6.45) is 0. The van der Waals surface area contributed by atoms with Crippen LogP contribution in [0, 0.1) is 20.8 Å². The van der Waals surface area contributed by atoms with E-state index in [4.69, 9.17) is 5.11 Å². The van der Waals surface area contributed by atoms with E-state index in [1.807, 2.05) is 0 Å². The molecule has 0 amide bonds. The molecule has 0 aliphatic carbocycles. The maximum Gasteiger partial charge on any atom is 0.267 e. The summed E-state index contributed by atoms with van der Waals surface area (Å²) in [5.41, 5.74) is 1.66. The minimum atomic E-state index is -3.73. The van der Waals surface area contributed by atoms with E-state index in [2.05, 4.69) is 14.8 Å². The standard InChI is InChI=1S/C11H16N4O3S2/c1-7-6-19-11(12-7)14-20(17,18)10-8(2)13-15(4-5-16)9(10)3/h6,16H,4-5H2,1-3H3,(H,12,14). The zero-order valence-corrected chi connectivity index (χ0v) is 13.0. The summed E-state index contributed by atoms with van der Waals surface area (Å²) < 4.78 is 28.8. The van der Waals surface area contributed by atoms with Crippen LogP contribution < -0.4 is 4.72 Å². The minimum Gasteiger partial charge on any atom is -0.394 e. The van der Waals surface area contributed by atoms with Crippen molar-refractivity contribution in [1.82, 2.24) is 14.8 Å². The summed E-state index contributed by atoms with van der Waals surface area (Å²) in [7, 11) is -3.73. The molecule has 0 unspecified atom stereocenters. The van der Waals surface area contributed by atoms with Crippen LogP contribution in [0.5, 0.6) is 0 Å².